The number of carbonyl (C=O) groups excluding carboxylic acids is 1. The first kappa shape index (κ1) is 16.8. The van der Waals surface area contributed by atoms with E-state index < -0.39 is 10.8 Å². The van der Waals surface area contributed by atoms with E-state index in [-0.39, 0.29) is 16.3 Å². The summed E-state index contributed by atoms with van der Waals surface area (Å²) < 4.78 is 5.23. The van der Waals surface area contributed by atoms with Crippen molar-refractivity contribution in [1.29, 1.82) is 0 Å². The van der Waals surface area contributed by atoms with Crippen LogP contribution in [-0.2, 0) is 6.42 Å². The Bertz CT molecular complexity index is 734. The van der Waals surface area contributed by atoms with Gasteiger partial charge in [0.15, 0.2) is 0 Å². The molecule has 23 heavy (non-hydrogen) atoms. The second kappa shape index (κ2) is 7.60. The van der Waals surface area contributed by atoms with Crippen molar-refractivity contribution >= 4 is 23.2 Å². The van der Waals surface area contributed by atoms with E-state index >= 15 is 0 Å². The predicted octanol–water partition coefficient (Wildman–Crippen LogP) is 3.23. The molecule has 0 spiro atoms. The fraction of sp³-hybridized carbons (Fsp3) is 0.188. The maximum Gasteiger partial charge on any atom is 0.283 e. The number of methoxy groups -OCH3 is 1. The number of halogens is 1. The van der Waals surface area contributed by atoms with Gasteiger partial charge in [-0.1, -0.05) is 29.8 Å². The number of carbonyl (C=O) groups is 1. The van der Waals surface area contributed by atoms with E-state index in [1.807, 2.05) is 24.3 Å². The molecule has 0 unspecified atom stereocenters. The first-order valence-electron chi connectivity index (χ1n) is 6.87. The highest BCUT2D eigenvalue weighted by molar-refractivity contribution is 6.31. The number of ether oxygens (including phenoxy) is 1. The van der Waals surface area contributed by atoms with Crippen LogP contribution in [-0.4, -0.2) is 24.5 Å². The average Bonchev–Trinajstić information content (AvgIpc) is 2.55. The van der Waals surface area contributed by atoms with Crippen LogP contribution in [0.2, 0.25) is 5.02 Å². The van der Waals surface area contributed by atoms with Gasteiger partial charge in [-0.05, 0) is 30.2 Å². The van der Waals surface area contributed by atoms with Crippen molar-refractivity contribution in [2.45, 2.75) is 6.42 Å². The normalized spacial score (nSPS) is 10.2. The second-order valence-electron chi connectivity index (χ2n) is 4.74. The largest absolute Gasteiger partial charge is 0.496 e. The lowest BCUT2D eigenvalue weighted by molar-refractivity contribution is -0.385. The fourth-order valence-corrected chi connectivity index (χ4v) is 2.33. The molecule has 1 N–H and O–H groups in total. The molecule has 0 saturated carbocycles. The molecule has 0 aliphatic rings. The zero-order chi connectivity index (χ0) is 16.8. The van der Waals surface area contributed by atoms with Crippen molar-refractivity contribution in [3.63, 3.8) is 0 Å². The van der Waals surface area contributed by atoms with Crippen LogP contribution in [0, 0.1) is 10.1 Å². The van der Waals surface area contributed by atoms with Crippen LogP contribution in [0.1, 0.15) is 15.9 Å². The third kappa shape index (κ3) is 4.20. The monoisotopic (exact) mass is 334 g/mol. The minimum absolute atomic E-state index is 0.0144. The van der Waals surface area contributed by atoms with Crippen LogP contribution in [0.5, 0.6) is 5.75 Å². The Morgan fingerprint density at radius 1 is 1.30 bits per heavy atom. The van der Waals surface area contributed by atoms with Crippen molar-refractivity contribution in [1.82, 2.24) is 5.32 Å². The molecule has 0 bridgehead atoms. The maximum atomic E-state index is 12.1. The third-order valence-electron chi connectivity index (χ3n) is 3.27. The summed E-state index contributed by atoms with van der Waals surface area (Å²) in [6, 6.07) is 11.4. The first-order valence-corrected chi connectivity index (χ1v) is 7.24. The smallest absolute Gasteiger partial charge is 0.283 e. The molecular weight excluding hydrogens is 320 g/mol. The molecule has 0 atom stereocenters. The minimum atomic E-state index is -0.624. The predicted molar refractivity (Wildman–Crippen MR) is 87.1 cm³/mol. The SMILES string of the molecule is COc1ccccc1CCNC(=O)c1ccc(Cl)cc1[N+](=O)[O-]. The molecule has 2 rings (SSSR count). The number of amides is 1. The summed E-state index contributed by atoms with van der Waals surface area (Å²) in [5, 5.41) is 13.9. The lowest BCUT2D eigenvalue weighted by Crippen LogP contribution is -2.26. The highest BCUT2D eigenvalue weighted by atomic mass is 35.5. The maximum absolute atomic E-state index is 12.1. The minimum Gasteiger partial charge on any atom is -0.496 e. The molecule has 2 aromatic carbocycles. The molecule has 0 radical (unpaired) electrons. The van der Waals surface area contributed by atoms with Crippen LogP contribution in [0.25, 0.3) is 0 Å². The molecule has 0 fully saturated rings. The fourth-order valence-electron chi connectivity index (χ4n) is 2.16. The van der Waals surface area contributed by atoms with Crippen LogP contribution < -0.4 is 10.1 Å². The topological polar surface area (TPSA) is 81.5 Å². The molecule has 7 heteroatoms. The molecule has 0 aromatic heterocycles. The van der Waals surface area contributed by atoms with Crippen LogP contribution in [0.3, 0.4) is 0 Å². The zero-order valence-electron chi connectivity index (χ0n) is 12.4. The summed E-state index contributed by atoms with van der Waals surface area (Å²) in [5.41, 5.74) is 0.618. The van der Waals surface area contributed by atoms with E-state index in [1.54, 1.807) is 7.11 Å². The van der Waals surface area contributed by atoms with Crippen LogP contribution in [0.4, 0.5) is 5.69 Å². The van der Waals surface area contributed by atoms with Gasteiger partial charge in [0.2, 0.25) is 0 Å². The van der Waals surface area contributed by atoms with Crippen molar-refractivity contribution in [3.8, 4) is 5.75 Å². The van der Waals surface area contributed by atoms with Crippen LogP contribution in [0.15, 0.2) is 42.5 Å². The van der Waals surface area contributed by atoms with E-state index in [4.69, 9.17) is 16.3 Å². The Balaban J connectivity index is 2.04. The Labute approximate surface area is 138 Å². The van der Waals surface area contributed by atoms with Gasteiger partial charge in [-0.25, -0.2) is 0 Å². The van der Waals surface area contributed by atoms with Crippen molar-refractivity contribution in [2.24, 2.45) is 0 Å². The van der Waals surface area contributed by atoms with Gasteiger partial charge < -0.3 is 10.1 Å². The number of nitrogens with one attached hydrogen (secondary N) is 1. The van der Waals surface area contributed by atoms with Gasteiger partial charge >= 0.3 is 0 Å². The number of nitrogens with zero attached hydrogens (tertiary/aromatic N) is 1. The Kier molecular flexibility index (Phi) is 5.54. The van der Waals surface area contributed by atoms with Crippen LogP contribution >= 0.6 is 11.6 Å². The third-order valence-corrected chi connectivity index (χ3v) is 3.51. The lowest BCUT2D eigenvalue weighted by Gasteiger charge is -2.09. The van der Waals surface area contributed by atoms with E-state index in [1.165, 1.54) is 12.1 Å². The van der Waals surface area contributed by atoms with Gasteiger partial charge in [0.25, 0.3) is 11.6 Å². The van der Waals surface area contributed by atoms with Crippen molar-refractivity contribution in [2.75, 3.05) is 13.7 Å². The van der Waals surface area contributed by atoms with Crippen molar-refractivity contribution in [3.05, 3.63) is 68.7 Å². The molecule has 1 amide bonds. The standard InChI is InChI=1S/C16H15ClN2O4/c1-23-15-5-3-2-4-11(15)8-9-18-16(20)13-7-6-12(17)10-14(13)19(21)22/h2-7,10H,8-9H2,1H3,(H,18,20). The summed E-state index contributed by atoms with van der Waals surface area (Å²) in [5.74, 6) is 0.225. The summed E-state index contributed by atoms with van der Waals surface area (Å²) in [6.07, 6.45) is 0.553. The molecule has 0 aliphatic heterocycles. The zero-order valence-corrected chi connectivity index (χ0v) is 13.2. The first-order chi connectivity index (χ1) is 11.0. The number of hydrogen-bond donors (Lipinski definition) is 1. The van der Waals surface area contributed by atoms with Gasteiger partial charge in [-0.2, -0.15) is 0 Å². The number of rotatable bonds is 6. The molecule has 0 aliphatic carbocycles. The van der Waals surface area contributed by atoms with Gasteiger partial charge in [-0.15, -0.1) is 0 Å². The van der Waals surface area contributed by atoms with Gasteiger partial charge in [-0.3, -0.25) is 14.9 Å². The quantitative estimate of drug-likeness (QED) is 0.649. The lowest BCUT2D eigenvalue weighted by atomic mass is 10.1. The van der Waals surface area contributed by atoms with E-state index in [9.17, 15) is 14.9 Å². The Morgan fingerprint density at radius 3 is 2.74 bits per heavy atom. The molecular formula is C16H15ClN2O4. The molecule has 2 aromatic rings. The summed E-state index contributed by atoms with van der Waals surface area (Å²) in [7, 11) is 1.58. The van der Waals surface area contributed by atoms with E-state index in [2.05, 4.69) is 5.32 Å². The summed E-state index contributed by atoms with van der Waals surface area (Å²) in [6.45, 7) is 0.332. The second-order valence-corrected chi connectivity index (χ2v) is 5.17. The Hall–Kier alpha value is -2.60. The average molecular weight is 335 g/mol. The van der Waals surface area contributed by atoms with Crippen molar-refractivity contribution < 1.29 is 14.5 Å². The summed E-state index contributed by atoms with van der Waals surface area (Å²) in [4.78, 5) is 22.5. The molecule has 120 valence electrons. The van der Waals surface area contributed by atoms with Gasteiger partial charge in [0.1, 0.15) is 11.3 Å². The highest BCUT2D eigenvalue weighted by Gasteiger charge is 2.20. The van der Waals surface area contributed by atoms with Gasteiger partial charge in [0.05, 0.1) is 12.0 Å². The molecule has 6 nitrogen and oxygen atoms in total. The number of para-hydroxylation sites is 1. The highest BCUT2D eigenvalue weighted by Crippen LogP contribution is 2.23. The number of hydrogen-bond acceptors (Lipinski definition) is 4. The number of nitro benzene ring substituents is 1. The van der Waals surface area contributed by atoms with Gasteiger partial charge in [0, 0.05) is 17.6 Å². The molecule has 0 heterocycles. The molecule has 0 saturated heterocycles. The van der Waals surface area contributed by atoms with E-state index in [0.717, 1.165) is 17.4 Å². The number of nitro groups is 1. The number of benzene rings is 2. The Morgan fingerprint density at radius 2 is 2.04 bits per heavy atom. The summed E-state index contributed by atoms with van der Waals surface area (Å²) >= 11 is 5.73. The van der Waals surface area contributed by atoms with E-state index in [0.29, 0.717) is 13.0 Å².